The second-order valence-corrected chi connectivity index (χ2v) is 5.60. The molecule has 5 heteroatoms. The number of carbonyl (C=O) groups excluding carboxylic acids is 2. The van der Waals surface area contributed by atoms with Gasteiger partial charge in [0, 0.05) is 17.5 Å². The minimum Gasteiger partial charge on any atom is -0.465 e. The van der Waals surface area contributed by atoms with Crippen LogP contribution in [0.5, 0.6) is 0 Å². The molecule has 0 spiro atoms. The van der Waals surface area contributed by atoms with Crippen LogP contribution >= 0.6 is 0 Å². The predicted octanol–water partition coefficient (Wildman–Crippen LogP) is 3.56. The third kappa shape index (κ3) is 3.45. The van der Waals surface area contributed by atoms with Crippen LogP contribution < -0.4 is 4.90 Å². The van der Waals surface area contributed by atoms with Gasteiger partial charge in [-0.15, -0.1) is 0 Å². The fraction of sp³-hybridized carbons (Fsp3) is 0.200. The van der Waals surface area contributed by atoms with Crippen molar-refractivity contribution >= 4 is 23.1 Å². The zero-order valence-corrected chi connectivity index (χ0v) is 13.9. The molecular formula is C20H18FNO3. The Morgan fingerprint density at radius 3 is 2.52 bits per heavy atom. The molecule has 0 aromatic heterocycles. The normalized spacial score (nSPS) is 13.8. The Morgan fingerprint density at radius 2 is 1.80 bits per heavy atom. The number of hydrogen-bond acceptors (Lipinski definition) is 3. The van der Waals surface area contributed by atoms with Crippen LogP contribution in [0, 0.1) is 5.82 Å². The molecule has 4 nitrogen and oxygen atoms in total. The first-order chi connectivity index (χ1) is 12.1. The molecule has 0 saturated carbocycles. The topological polar surface area (TPSA) is 46.6 Å². The van der Waals surface area contributed by atoms with E-state index in [1.807, 2.05) is 12.1 Å². The summed E-state index contributed by atoms with van der Waals surface area (Å²) in [6.07, 6.45) is 1.79. The standard InChI is InChI=1S/C20H18FNO3/c1-2-25-20(24)13-22-18-10-6-4-8-16(18)14(11-12-19(22)23)15-7-3-5-9-17(15)21/h3-11H,2,12-13H2,1H3. The van der Waals surface area contributed by atoms with Crippen molar-refractivity contribution in [2.75, 3.05) is 18.1 Å². The highest BCUT2D eigenvalue weighted by Crippen LogP contribution is 2.35. The number of hydrogen-bond donors (Lipinski definition) is 0. The number of anilines is 1. The highest BCUT2D eigenvalue weighted by atomic mass is 19.1. The molecule has 0 fully saturated rings. The lowest BCUT2D eigenvalue weighted by Crippen LogP contribution is -2.36. The average Bonchev–Trinajstić information content (AvgIpc) is 2.74. The summed E-state index contributed by atoms with van der Waals surface area (Å²) in [5, 5.41) is 0. The molecule has 0 saturated heterocycles. The van der Waals surface area contributed by atoms with Crippen LogP contribution in [0.25, 0.3) is 5.57 Å². The third-order valence-corrected chi connectivity index (χ3v) is 4.02. The second kappa shape index (κ2) is 7.30. The van der Waals surface area contributed by atoms with E-state index in [1.54, 1.807) is 43.3 Å². The highest BCUT2D eigenvalue weighted by Gasteiger charge is 2.26. The molecule has 0 aliphatic carbocycles. The van der Waals surface area contributed by atoms with Crippen molar-refractivity contribution in [3.05, 3.63) is 71.6 Å². The van der Waals surface area contributed by atoms with Gasteiger partial charge in [-0.1, -0.05) is 42.5 Å². The number of ether oxygens (including phenoxy) is 1. The lowest BCUT2D eigenvalue weighted by molar-refractivity contribution is -0.142. The maximum Gasteiger partial charge on any atom is 0.326 e. The number of esters is 1. The molecule has 2 aromatic rings. The SMILES string of the molecule is CCOC(=O)CN1C(=O)CC=C(c2ccccc2F)c2ccccc21. The molecule has 2 aromatic carbocycles. The molecule has 25 heavy (non-hydrogen) atoms. The van der Waals surface area contributed by atoms with E-state index in [2.05, 4.69) is 0 Å². The molecule has 0 bridgehead atoms. The molecule has 1 amide bonds. The Bertz CT molecular complexity index is 844. The van der Waals surface area contributed by atoms with Gasteiger partial charge in [0.05, 0.1) is 12.3 Å². The smallest absolute Gasteiger partial charge is 0.326 e. The van der Waals surface area contributed by atoms with Gasteiger partial charge in [0.25, 0.3) is 0 Å². The predicted molar refractivity (Wildman–Crippen MR) is 93.5 cm³/mol. The van der Waals surface area contributed by atoms with Crippen molar-refractivity contribution in [1.29, 1.82) is 0 Å². The van der Waals surface area contributed by atoms with Crippen LogP contribution in [0.15, 0.2) is 54.6 Å². The van der Waals surface area contributed by atoms with E-state index in [0.717, 1.165) is 0 Å². The quantitative estimate of drug-likeness (QED) is 0.800. The summed E-state index contributed by atoms with van der Waals surface area (Å²) in [7, 11) is 0. The summed E-state index contributed by atoms with van der Waals surface area (Å²) in [5.74, 6) is -1.05. The van der Waals surface area contributed by atoms with Crippen LogP contribution in [0.1, 0.15) is 24.5 Å². The van der Waals surface area contributed by atoms with Gasteiger partial charge in [-0.25, -0.2) is 4.39 Å². The van der Waals surface area contributed by atoms with Crippen molar-refractivity contribution in [2.24, 2.45) is 0 Å². The van der Waals surface area contributed by atoms with Gasteiger partial charge in [0.2, 0.25) is 5.91 Å². The summed E-state index contributed by atoms with van der Waals surface area (Å²) in [5.41, 5.74) is 2.37. The van der Waals surface area contributed by atoms with Gasteiger partial charge in [0.1, 0.15) is 12.4 Å². The van der Waals surface area contributed by atoms with Gasteiger partial charge < -0.3 is 9.64 Å². The first-order valence-electron chi connectivity index (χ1n) is 8.12. The summed E-state index contributed by atoms with van der Waals surface area (Å²) in [6.45, 7) is 1.80. The number of rotatable bonds is 4. The van der Waals surface area contributed by atoms with Gasteiger partial charge in [-0.2, -0.15) is 0 Å². The summed E-state index contributed by atoms with van der Waals surface area (Å²) >= 11 is 0. The molecular weight excluding hydrogens is 321 g/mol. The van der Waals surface area contributed by atoms with E-state index in [1.165, 1.54) is 11.0 Å². The highest BCUT2D eigenvalue weighted by molar-refractivity contribution is 6.04. The Balaban J connectivity index is 2.07. The minimum absolute atomic E-state index is 0.0811. The summed E-state index contributed by atoms with van der Waals surface area (Å²) < 4.78 is 19.3. The average molecular weight is 339 g/mol. The number of para-hydroxylation sites is 1. The zero-order chi connectivity index (χ0) is 17.8. The van der Waals surface area contributed by atoms with Gasteiger partial charge in [-0.3, -0.25) is 9.59 Å². The Hall–Kier alpha value is -2.95. The number of amides is 1. The van der Waals surface area contributed by atoms with Crippen molar-refractivity contribution < 1.29 is 18.7 Å². The molecule has 0 unspecified atom stereocenters. The summed E-state index contributed by atoms with van der Waals surface area (Å²) in [6, 6.07) is 13.6. The Labute approximate surface area is 145 Å². The molecule has 1 aliphatic heterocycles. The molecule has 1 heterocycles. The van der Waals surface area contributed by atoms with Gasteiger partial charge >= 0.3 is 5.97 Å². The van der Waals surface area contributed by atoms with Crippen LogP contribution in [-0.4, -0.2) is 25.0 Å². The van der Waals surface area contributed by atoms with Crippen molar-refractivity contribution in [2.45, 2.75) is 13.3 Å². The van der Waals surface area contributed by atoms with Crippen LogP contribution in [0.2, 0.25) is 0 Å². The summed E-state index contributed by atoms with van der Waals surface area (Å²) in [4.78, 5) is 25.9. The first kappa shape index (κ1) is 16.9. The van der Waals surface area contributed by atoms with Crippen molar-refractivity contribution in [3.63, 3.8) is 0 Å². The fourth-order valence-electron chi connectivity index (χ4n) is 2.92. The fourth-order valence-corrected chi connectivity index (χ4v) is 2.92. The van der Waals surface area contributed by atoms with Crippen LogP contribution in [0.3, 0.4) is 0 Å². The monoisotopic (exact) mass is 339 g/mol. The van der Waals surface area contributed by atoms with Gasteiger partial charge in [0.15, 0.2) is 0 Å². The second-order valence-electron chi connectivity index (χ2n) is 5.60. The van der Waals surface area contributed by atoms with E-state index in [0.29, 0.717) is 22.4 Å². The maximum absolute atomic E-state index is 14.3. The van der Waals surface area contributed by atoms with Crippen LogP contribution in [0.4, 0.5) is 10.1 Å². The van der Waals surface area contributed by atoms with E-state index in [4.69, 9.17) is 4.74 Å². The third-order valence-electron chi connectivity index (χ3n) is 4.02. The van der Waals surface area contributed by atoms with E-state index >= 15 is 0 Å². The zero-order valence-electron chi connectivity index (χ0n) is 13.9. The van der Waals surface area contributed by atoms with Gasteiger partial charge in [-0.05, 0) is 24.6 Å². The lowest BCUT2D eigenvalue weighted by Gasteiger charge is -2.22. The molecule has 0 radical (unpaired) electrons. The first-order valence-corrected chi connectivity index (χ1v) is 8.12. The Kier molecular flexibility index (Phi) is 4.93. The molecule has 128 valence electrons. The minimum atomic E-state index is -0.472. The molecule has 0 N–H and O–H groups in total. The number of benzene rings is 2. The van der Waals surface area contributed by atoms with Crippen molar-refractivity contribution in [3.8, 4) is 0 Å². The molecule has 0 atom stereocenters. The van der Waals surface area contributed by atoms with E-state index in [9.17, 15) is 14.0 Å². The van der Waals surface area contributed by atoms with Crippen LogP contribution in [-0.2, 0) is 14.3 Å². The molecule has 1 aliphatic rings. The van der Waals surface area contributed by atoms with E-state index < -0.39 is 5.97 Å². The number of nitrogens with zero attached hydrogens (tertiary/aromatic N) is 1. The lowest BCUT2D eigenvalue weighted by atomic mass is 9.95. The van der Waals surface area contributed by atoms with Crippen molar-refractivity contribution in [1.82, 2.24) is 0 Å². The number of halogens is 1. The Morgan fingerprint density at radius 1 is 1.12 bits per heavy atom. The van der Waals surface area contributed by atoms with E-state index in [-0.39, 0.29) is 31.3 Å². The largest absolute Gasteiger partial charge is 0.465 e. The maximum atomic E-state index is 14.3. The molecule has 3 rings (SSSR count). The number of carbonyl (C=O) groups is 2. The number of fused-ring (bicyclic) bond motifs is 1.